The molecule has 0 unspecified atom stereocenters. The average Bonchev–Trinajstić information content (AvgIpc) is 2.64. The van der Waals surface area contributed by atoms with Crippen molar-refractivity contribution in [2.75, 3.05) is 11.9 Å². The fraction of sp³-hybridized carbons (Fsp3) is 0.571. The van der Waals surface area contributed by atoms with Crippen LogP contribution in [0.25, 0.3) is 0 Å². The minimum absolute atomic E-state index is 0.0835. The van der Waals surface area contributed by atoms with Crippen molar-refractivity contribution in [1.29, 1.82) is 0 Å². The summed E-state index contributed by atoms with van der Waals surface area (Å²) in [5.74, 6) is -0.640. The molecule has 1 aromatic carbocycles. The lowest BCUT2D eigenvalue weighted by Crippen LogP contribution is -2.35. The lowest BCUT2D eigenvalue weighted by atomic mass is 9.96. The molecule has 1 aliphatic carbocycles. The summed E-state index contributed by atoms with van der Waals surface area (Å²) in [5, 5.41) is 8.79. The molecule has 0 aromatic heterocycles. The lowest BCUT2D eigenvalue weighted by Gasteiger charge is -2.21. The van der Waals surface area contributed by atoms with Crippen molar-refractivity contribution in [3.8, 4) is 0 Å². The van der Waals surface area contributed by atoms with Crippen molar-refractivity contribution in [2.45, 2.75) is 70.8 Å². The molecule has 3 N–H and O–H groups in total. The number of halogens is 1. The maximum atomic E-state index is 12.2. The molecule has 1 fully saturated rings. The molecule has 7 heteroatoms. The van der Waals surface area contributed by atoms with E-state index in [0.717, 1.165) is 25.7 Å². The van der Waals surface area contributed by atoms with E-state index < -0.39 is 0 Å². The van der Waals surface area contributed by atoms with Gasteiger partial charge in [-0.15, -0.1) is 0 Å². The maximum Gasteiger partial charge on any atom is 0.252 e. The first-order valence-electron chi connectivity index (χ1n) is 10.2. The molecule has 0 bridgehead atoms. The standard InChI is InChI=1S/C21H30ClN3O3/c1-2-23-21(28)17-14-16(10-11-18(17)22)25-20(27)13-12-19(26)24-15-8-6-4-3-5-7-9-15/h10-11,14-15H,2-9,12-13H2,1H3,(H,23,28)(H,24,26)(H,25,27). The molecule has 6 nitrogen and oxygen atoms in total. The molecule has 0 saturated heterocycles. The van der Waals surface area contributed by atoms with Crippen molar-refractivity contribution < 1.29 is 14.4 Å². The molecule has 1 aliphatic rings. The number of hydrogen-bond acceptors (Lipinski definition) is 3. The molecule has 0 radical (unpaired) electrons. The zero-order chi connectivity index (χ0) is 20.4. The summed E-state index contributed by atoms with van der Waals surface area (Å²) < 4.78 is 0. The minimum Gasteiger partial charge on any atom is -0.353 e. The number of benzene rings is 1. The van der Waals surface area contributed by atoms with E-state index in [4.69, 9.17) is 11.6 Å². The van der Waals surface area contributed by atoms with Gasteiger partial charge in [-0.2, -0.15) is 0 Å². The summed E-state index contributed by atoms with van der Waals surface area (Å²) in [6.45, 7) is 2.31. The van der Waals surface area contributed by atoms with Crippen molar-refractivity contribution in [2.24, 2.45) is 0 Å². The molecular weight excluding hydrogens is 378 g/mol. The highest BCUT2D eigenvalue weighted by Crippen LogP contribution is 2.21. The van der Waals surface area contributed by atoms with Gasteiger partial charge in [0, 0.05) is 31.1 Å². The van der Waals surface area contributed by atoms with Gasteiger partial charge in [0.25, 0.3) is 5.91 Å². The van der Waals surface area contributed by atoms with E-state index in [-0.39, 0.29) is 36.6 Å². The molecule has 0 atom stereocenters. The lowest BCUT2D eigenvalue weighted by molar-refractivity contribution is -0.125. The Labute approximate surface area is 171 Å². The number of nitrogens with one attached hydrogen (secondary N) is 3. The number of amides is 3. The average molecular weight is 408 g/mol. The third kappa shape index (κ3) is 7.50. The van der Waals surface area contributed by atoms with Gasteiger partial charge in [0.2, 0.25) is 11.8 Å². The Morgan fingerprint density at radius 1 is 1.00 bits per heavy atom. The Morgan fingerprint density at radius 2 is 1.64 bits per heavy atom. The molecule has 1 aromatic rings. The van der Waals surface area contributed by atoms with Gasteiger partial charge in [0.1, 0.15) is 0 Å². The van der Waals surface area contributed by atoms with Crippen LogP contribution >= 0.6 is 11.6 Å². The molecule has 1 saturated carbocycles. The highest BCUT2D eigenvalue weighted by atomic mass is 35.5. The number of hydrogen-bond donors (Lipinski definition) is 3. The molecule has 0 heterocycles. The van der Waals surface area contributed by atoms with Crippen LogP contribution in [0.15, 0.2) is 18.2 Å². The van der Waals surface area contributed by atoms with Crippen molar-refractivity contribution >= 4 is 35.0 Å². The SMILES string of the molecule is CCNC(=O)c1cc(NC(=O)CCC(=O)NC2CCCCCCC2)ccc1Cl. The maximum absolute atomic E-state index is 12.2. The van der Waals surface area contributed by atoms with Gasteiger partial charge in [-0.1, -0.05) is 43.7 Å². The van der Waals surface area contributed by atoms with Crippen molar-refractivity contribution in [3.05, 3.63) is 28.8 Å². The van der Waals surface area contributed by atoms with Gasteiger partial charge in [-0.3, -0.25) is 14.4 Å². The smallest absolute Gasteiger partial charge is 0.252 e. The van der Waals surface area contributed by atoms with E-state index in [2.05, 4.69) is 16.0 Å². The molecule has 0 spiro atoms. The first-order valence-corrected chi connectivity index (χ1v) is 10.5. The van der Waals surface area contributed by atoms with Crippen LogP contribution in [-0.4, -0.2) is 30.3 Å². The van der Waals surface area contributed by atoms with Crippen LogP contribution in [0.1, 0.15) is 75.1 Å². The topological polar surface area (TPSA) is 87.3 Å². The molecule has 2 rings (SSSR count). The predicted molar refractivity (Wildman–Crippen MR) is 112 cm³/mol. The third-order valence-corrected chi connectivity index (χ3v) is 5.21. The highest BCUT2D eigenvalue weighted by molar-refractivity contribution is 6.34. The summed E-state index contributed by atoms with van der Waals surface area (Å²) >= 11 is 6.05. The molecule has 3 amide bonds. The first kappa shape index (κ1) is 22.2. The Morgan fingerprint density at radius 3 is 2.32 bits per heavy atom. The Hall–Kier alpha value is -2.08. The quantitative estimate of drug-likeness (QED) is 0.637. The Kier molecular flexibility index (Phi) is 9.28. The number of carbonyl (C=O) groups excluding carboxylic acids is 3. The van der Waals surface area contributed by atoms with Gasteiger partial charge in [0.05, 0.1) is 10.6 Å². The first-order chi connectivity index (χ1) is 13.5. The molecule has 0 aliphatic heterocycles. The van der Waals surface area contributed by atoms with Gasteiger partial charge in [-0.25, -0.2) is 0 Å². The van der Waals surface area contributed by atoms with E-state index in [9.17, 15) is 14.4 Å². The van der Waals surface area contributed by atoms with Crippen molar-refractivity contribution in [1.82, 2.24) is 10.6 Å². The summed E-state index contributed by atoms with van der Waals surface area (Å²) in [7, 11) is 0. The van der Waals surface area contributed by atoms with Crippen LogP contribution in [0.5, 0.6) is 0 Å². The minimum atomic E-state index is -0.290. The summed E-state index contributed by atoms with van der Waals surface area (Å²) in [5.41, 5.74) is 0.791. The predicted octanol–water partition coefficient (Wildman–Crippen LogP) is 4.04. The fourth-order valence-electron chi connectivity index (χ4n) is 3.38. The van der Waals surface area contributed by atoms with Crippen LogP contribution in [-0.2, 0) is 9.59 Å². The summed E-state index contributed by atoms with van der Waals surface area (Å²) in [6, 6.07) is 4.98. The monoisotopic (exact) mass is 407 g/mol. The van der Waals surface area contributed by atoms with E-state index in [1.54, 1.807) is 18.2 Å². The Bertz CT molecular complexity index is 685. The van der Waals surface area contributed by atoms with Crippen molar-refractivity contribution in [3.63, 3.8) is 0 Å². The van der Waals surface area contributed by atoms with E-state index in [1.807, 2.05) is 6.92 Å². The zero-order valence-electron chi connectivity index (χ0n) is 16.5. The molecular formula is C21H30ClN3O3. The highest BCUT2D eigenvalue weighted by Gasteiger charge is 2.16. The zero-order valence-corrected chi connectivity index (χ0v) is 17.2. The van der Waals surface area contributed by atoms with Crippen LogP contribution < -0.4 is 16.0 Å². The van der Waals surface area contributed by atoms with Gasteiger partial charge < -0.3 is 16.0 Å². The number of anilines is 1. The summed E-state index contributed by atoms with van der Waals surface area (Å²) in [6.07, 6.45) is 8.33. The Balaban J connectivity index is 1.80. The van der Waals surface area contributed by atoms with Crippen LogP contribution in [0.4, 0.5) is 5.69 Å². The largest absolute Gasteiger partial charge is 0.353 e. The van der Waals surface area contributed by atoms with Gasteiger partial charge in [-0.05, 0) is 38.0 Å². The molecule has 28 heavy (non-hydrogen) atoms. The fourth-order valence-corrected chi connectivity index (χ4v) is 3.59. The van der Waals surface area contributed by atoms with Crippen LogP contribution in [0.3, 0.4) is 0 Å². The summed E-state index contributed by atoms with van der Waals surface area (Å²) in [4.78, 5) is 36.3. The second kappa shape index (κ2) is 11.7. The third-order valence-electron chi connectivity index (χ3n) is 4.88. The number of rotatable bonds is 7. The normalized spacial score (nSPS) is 15.2. The second-order valence-electron chi connectivity index (χ2n) is 7.21. The number of carbonyl (C=O) groups is 3. The van der Waals surface area contributed by atoms with E-state index in [1.165, 1.54) is 19.3 Å². The second-order valence-corrected chi connectivity index (χ2v) is 7.62. The van der Waals surface area contributed by atoms with Crippen LogP contribution in [0.2, 0.25) is 5.02 Å². The van der Waals surface area contributed by atoms with E-state index in [0.29, 0.717) is 22.8 Å². The van der Waals surface area contributed by atoms with Gasteiger partial charge >= 0.3 is 0 Å². The molecule has 154 valence electrons. The van der Waals surface area contributed by atoms with Gasteiger partial charge in [0.15, 0.2) is 0 Å². The van der Waals surface area contributed by atoms with Crippen LogP contribution in [0, 0.1) is 0 Å². The van der Waals surface area contributed by atoms with E-state index >= 15 is 0 Å².